The fourth-order valence-corrected chi connectivity index (χ4v) is 3.82. The molecular weight excluding hydrogens is 318 g/mol. The average Bonchev–Trinajstić information content (AvgIpc) is 2.89. The van der Waals surface area contributed by atoms with Crippen molar-refractivity contribution in [2.24, 2.45) is 0 Å². The molecule has 9 heteroatoms. The Bertz CT molecular complexity index is 615. The standard InChI is InChI=1S/C12H17N3O4S.ClH/c1-9-4-2-6-11(15(16)17)12(9)20(18,19)14-8-10-5-3-7-13-10;/h2,4,6,10,13-14H,3,5,7-8H2,1H3;1H. The van der Waals surface area contributed by atoms with Crippen LogP contribution in [0.1, 0.15) is 18.4 Å². The zero-order valence-electron chi connectivity index (χ0n) is 11.5. The van der Waals surface area contributed by atoms with E-state index in [1.807, 2.05) is 0 Å². The lowest BCUT2D eigenvalue weighted by Crippen LogP contribution is -2.37. The summed E-state index contributed by atoms with van der Waals surface area (Å²) < 4.78 is 27.0. The number of hydrogen-bond acceptors (Lipinski definition) is 5. The zero-order valence-corrected chi connectivity index (χ0v) is 13.2. The highest BCUT2D eigenvalue weighted by Gasteiger charge is 2.28. The highest BCUT2D eigenvalue weighted by molar-refractivity contribution is 7.89. The SMILES string of the molecule is Cc1cccc([N+](=O)[O-])c1S(=O)(=O)NCC1CCCN1.Cl. The van der Waals surface area contributed by atoms with E-state index >= 15 is 0 Å². The van der Waals surface area contributed by atoms with Crippen LogP contribution in [-0.4, -0.2) is 32.5 Å². The largest absolute Gasteiger partial charge is 0.313 e. The summed E-state index contributed by atoms with van der Waals surface area (Å²) in [6, 6.07) is 4.32. The Kier molecular flexibility index (Phi) is 6.09. The number of nitrogens with zero attached hydrogens (tertiary/aromatic N) is 1. The molecule has 21 heavy (non-hydrogen) atoms. The number of halogens is 1. The first-order chi connectivity index (χ1) is 9.42. The fraction of sp³-hybridized carbons (Fsp3) is 0.500. The molecule has 1 aromatic carbocycles. The van der Waals surface area contributed by atoms with Crippen molar-refractivity contribution in [2.75, 3.05) is 13.1 Å². The van der Waals surface area contributed by atoms with E-state index in [1.165, 1.54) is 12.1 Å². The summed E-state index contributed by atoms with van der Waals surface area (Å²) in [5.74, 6) is 0. The van der Waals surface area contributed by atoms with Gasteiger partial charge in [0.05, 0.1) is 4.92 Å². The second kappa shape index (κ2) is 7.17. The number of nitro groups is 1. The molecule has 2 rings (SSSR count). The predicted molar refractivity (Wildman–Crippen MR) is 81.3 cm³/mol. The lowest BCUT2D eigenvalue weighted by molar-refractivity contribution is -0.387. The van der Waals surface area contributed by atoms with E-state index in [9.17, 15) is 18.5 Å². The minimum atomic E-state index is -3.89. The number of aryl methyl sites for hydroxylation is 1. The van der Waals surface area contributed by atoms with Gasteiger partial charge in [0.15, 0.2) is 4.90 Å². The van der Waals surface area contributed by atoms with Crippen LogP contribution < -0.4 is 10.0 Å². The molecule has 1 atom stereocenters. The van der Waals surface area contributed by atoms with Gasteiger partial charge in [0.25, 0.3) is 5.69 Å². The Morgan fingerprint density at radius 1 is 1.48 bits per heavy atom. The molecule has 1 aromatic rings. The van der Waals surface area contributed by atoms with Crippen LogP contribution in [0.4, 0.5) is 5.69 Å². The molecule has 2 N–H and O–H groups in total. The maximum absolute atomic E-state index is 12.3. The highest BCUT2D eigenvalue weighted by Crippen LogP contribution is 2.26. The number of hydrogen-bond donors (Lipinski definition) is 2. The summed E-state index contributed by atoms with van der Waals surface area (Å²) in [4.78, 5) is 10.1. The van der Waals surface area contributed by atoms with Gasteiger partial charge in [0.1, 0.15) is 0 Å². The van der Waals surface area contributed by atoms with Crippen molar-refractivity contribution in [3.63, 3.8) is 0 Å². The van der Waals surface area contributed by atoms with Gasteiger partial charge in [-0.05, 0) is 31.9 Å². The van der Waals surface area contributed by atoms with Crippen molar-refractivity contribution in [1.29, 1.82) is 0 Å². The Morgan fingerprint density at radius 3 is 2.76 bits per heavy atom. The average molecular weight is 336 g/mol. The van der Waals surface area contributed by atoms with Gasteiger partial charge in [-0.2, -0.15) is 0 Å². The van der Waals surface area contributed by atoms with Crippen LogP contribution in [0.15, 0.2) is 23.1 Å². The molecule has 7 nitrogen and oxygen atoms in total. The van der Waals surface area contributed by atoms with Crippen LogP contribution in [-0.2, 0) is 10.0 Å². The summed E-state index contributed by atoms with van der Waals surface area (Å²) in [6.07, 6.45) is 1.91. The lowest BCUT2D eigenvalue weighted by atomic mass is 10.2. The van der Waals surface area contributed by atoms with E-state index < -0.39 is 20.6 Å². The molecule has 1 fully saturated rings. The number of nitro benzene ring substituents is 1. The molecule has 0 saturated carbocycles. The summed E-state index contributed by atoms with van der Waals surface area (Å²) in [7, 11) is -3.89. The molecule has 0 amide bonds. The quantitative estimate of drug-likeness (QED) is 0.625. The third-order valence-electron chi connectivity index (χ3n) is 3.34. The van der Waals surface area contributed by atoms with Gasteiger partial charge in [-0.15, -0.1) is 12.4 Å². The molecule has 0 spiro atoms. The van der Waals surface area contributed by atoms with Gasteiger partial charge < -0.3 is 5.32 Å². The van der Waals surface area contributed by atoms with Crippen LogP contribution >= 0.6 is 12.4 Å². The first kappa shape index (κ1) is 17.8. The second-order valence-corrected chi connectivity index (χ2v) is 6.53. The monoisotopic (exact) mass is 335 g/mol. The van der Waals surface area contributed by atoms with Crippen molar-refractivity contribution in [1.82, 2.24) is 10.0 Å². The second-order valence-electron chi connectivity index (χ2n) is 4.83. The summed E-state index contributed by atoms with van der Waals surface area (Å²) in [6.45, 7) is 2.67. The van der Waals surface area contributed by atoms with E-state index in [-0.39, 0.29) is 29.9 Å². The molecule has 1 aliphatic heterocycles. The Labute approximate surface area is 129 Å². The molecule has 0 aliphatic carbocycles. The summed E-state index contributed by atoms with van der Waals surface area (Å²) >= 11 is 0. The van der Waals surface area contributed by atoms with Gasteiger partial charge in [-0.25, -0.2) is 13.1 Å². The molecule has 0 radical (unpaired) electrons. The van der Waals surface area contributed by atoms with E-state index in [1.54, 1.807) is 13.0 Å². The topological polar surface area (TPSA) is 101 Å². The van der Waals surface area contributed by atoms with Crippen LogP contribution in [0.3, 0.4) is 0 Å². The van der Waals surface area contributed by atoms with Crippen LogP contribution in [0.25, 0.3) is 0 Å². The summed E-state index contributed by atoms with van der Waals surface area (Å²) in [5.41, 5.74) is -0.0250. The Hall–Kier alpha value is -1.22. The van der Waals surface area contributed by atoms with Crippen molar-refractivity contribution < 1.29 is 13.3 Å². The van der Waals surface area contributed by atoms with E-state index in [2.05, 4.69) is 10.0 Å². The third-order valence-corrected chi connectivity index (χ3v) is 4.95. The number of rotatable bonds is 5. The smallest absolute Gasteiger partial charge is 0.289 e. The lowest BCUT2D eigenvalue weighted by Gasteiger charge is -2.13. The van der Waals surface area contributed by atoms with Gasteiger partial charge in [-0.1, -0.05) is 12.1 Å². The molecule has 0 bridgehead atoms. The number of benzene rings is 1. The molecule has 118 valence electrons. The van der Waals surface area contributed by atoms with Crippen molar-refractivity contribution in [3.05, 3.63) is 33.9 Å². The van der Waals surface area contributed by atoms with Crippen LogP contribution in [0, 0.1) is 17.0 Å². The van der Waals surface area contributed by atoms with Gasteiger partial charge in [0.2, 0.25) is 10.0 Å². The first-order valence-corrected chi connectivity index (χ1v) is 7.87. The zero-order chi connectivity index (χ0) is 14.8. The minimum absolute atomic E-state index is 0. The first-order valence-electron chi connectivity index (χ1n) is 6.39. The number of nitrogens with one attached hydrogen (secondary N) is 2. The van der Waals surface area contributed by atoms with Crippen molar-refractivity contribution in [3.8, 4) is 0 Å². The minimum Gasteiger partial charge on any atom is -0.313 e. The van der Waals surface area contributed by atoms with Crippen LogP contribution in [0.5, 0.6) is 0 Å². The Morgan fingerprint density at radius 2 is 2.19 bits per heavy atom. The Balaban J connectivity index is 0.00000220. The maximum Gasteiger partial charge on any atom is 0.289 e. The maximum atomic E-state index is 12.3. The van der Waals surface area contributed by atoms with Gasteiger partial charge in [-0.3, -0.25) is 10.1 Å². The molecule has 1 unspecified atom stereocenters. The fourth-order valence-electron chi connectivity index (χ4n) is 2.34. The van der Waals surface area contributed by atoms with Gasteiger partial charge >= 0.3 is 0 Å². The molecule has 1 saturated heterocycles. The van der Waals surface area contributed by atoms with E-state index in [4.69, 9.17) is 0 Å². The number of sulfonamides is 1. The third kappa shape index (κ3) is 4.13. The van der Waals surface area contributed by atoms with Crippen LogP contribution in [0.2, 0.25) is 0 Å². The molecule has 1 heterocycles. The van der Waals surface area contributed by atoms with Crippen molar-refractivity contribution in [2.45, 2.75) is 30.7 Å². The normalized spacial score (nSPS) is 18.2. The van der Waals surface area contributed by atoms with E-state index in [0.29, 0.717) is 5.56 Å². The van der Waals surface area contributed by atoms with Gasteiger partial charge in [0, 0.05) is 18.7 Å². The van der Waals surface area contributed by atoms with Crippen molar-refractivity contribution >= 4 is 28.1 Å². The highest BCUT2D eigenvalue weighted by atomic mass is 35.5. The molecular formula is C12H18ClN3O4S. The molecule has 0 aromatic heterocycles. The predicted octanol–water partition coefficient (Wildman–Crippen LogP) is 1.36. The molecule has 1 aliphatic rings. The van der Waals surface area contributed by atoms with E-state index in [0.717, 1.165) is 19.4 Å². The summed E-state index contributed by atoms with van der Waals surface area (Å²) in [5, 5.41) is 14.2.